The van der Waals surface area contributed by atoms with E-state index in [9.17, 15) is 2.74 Å². The zero-order valence-corrected chi connectivity index (χ0v) is 27.0. The Morgan fingerprint density at radius 3 is 1.57 bits per heavy atom. The minimum atomic E-state index is -0.611. The van der Waals surface area contributed by atoms with Crippen LogP contribution in [0.1, 0.15) is 12.3 Å². The summed E-state index contributed by atoms with van der Waals surface area (Å²) in [5.74, 6) is 0. The number of hydrogen-bond acceptors (Lipinski definition) is 0. The van der Waals surface area contributed by atoms with E-state index in [1.165, 1.54) is 10.8 Å². The van der Waals surface area contributed by atoms with Gasteiger partial charge >= 0.3 is 0 Å². The Balaban J connectivity index is 1.24. The van der Waals surface area contributed by atoms with Gasteiger partial charge in [0.05, 0.1) is 51.1 Å². The fourth-order valence-corrected chi connectivity index (χ4v) is 7.92. The van der Waals surface area contributed by atoms with Crippen LogP contribution in [0, 0.1) is 0 Å². The molecule has 0 unspecified atom stereocenters. The van der Waals surface area contributed by atoms with E-state index < -0.39 is 54.4 Å². The number of hydrogen-bond donors (Lipinski definition) is 0. The van der Waals surface area contributed by atoms with Gasteiger partial charge in [-0.1, -0.05) is 127 Å². The zero-order chi connectivity index (χ0) is 41.3. The van der Waals surface area contributed by atoms with Crippen LogP contribution >= 0.6 is 0 Å². The molecule has 8 aromatic carbocycles. The van der Waals surface area contributed by atoms with Gasteiger partial charge in [-0.2, -0.15) is 0 Å². The molecule has 238 valence electrons. The summed E-state index contributed by atoms with van der Waals surface area (Å²) in [5, 5.41) is 6.02. The van der Waals surface area contributed by atoms with E-state index in [-0.39, 0.29) is 16.8 Å². The van der Waals surface area contributed by atoms with Crippen molar-refractivity contribution < 1.29 is 12.3 Å². The molecule has 3 nitrogen and oxygen atoms in total. The first-order valence-electron chi connectivity index (χ1n) is 21.3. The molecule has 0 radical (unpaired) electrons. The van der Waals surface area contributed by atoms with E-state index in [1.54, 1.807) is 4.57 Å². The van der Waals surface area contributed by atoms with Crippen LogP contribution in [0.5, 0.6) is 0 Å². The van der Waals surface area contributed by atoms with Gasteiger partial charge in [0.2, 0.25) is 0 Å². The molecule has 11 aromatic rings. The van der Waals surface area contributed by atoms with Crippen LogP contribution in [0.4, 0.5) is 0 Å². The van der Waals surface area contributed by atoms with E-state index in [4.69, 9.17) is 9.60 Å². The molecular formula is C48H31N3. The molecule has 0 spiro atoms. The Bertz CT molecular complexity index is 3590. The fourth-order valence-electron chi connectivity index (χ4n) is 7.92. The molecule has 0 amide bonds. The highest BCUT2D eigenvalue weighted by Crippen LogP contribution is 2.41. The molecule has 0 fully saturated rings. The van der Waals surface area contributed by atoms with Gasteiger partial charge < -0.3 is 13.7 Å². The molecule has 3 heteroatoms. The number of para-hydroxylation sites is 5. The van der Waals surface area contributed by atoms with Crippen LogP contribution in [-0.4, -0.2) is 13.7 Å². The SMILES string of the molecule is [2H]c1c([2H])c([2H])c(-c2c([2H])c([2H])c([2H])c(-n3c4ccccc4c4cccc(-n5c6ccccc6c6cc(-n7c8ccccc8c8ccccc87)ccc65)c43)c2[2H])c([2H])c1[2H]. The summed E-state index contributed by atoms with van der Waals surface area (Å²) in [4.78, 5) is 0. The molecule has 3 heterocycles. The monoisotopic (exact) mass is 658 g/mol. The first-order valence-corrected chi connectivity index (χ1v) is 16.8. The minimum absolute atomic E-state index is 0.0362. The molecule has 0 N–H and O–H groups in total. The first kappa shape index (κ1) is 20.6. The van der Waals surface area contributed by atoms with Crippen molar-refractivity contribution in [2.24, 2.45) is 0 Å². The Kier molecular flexibility index (Phi) is 4.38. The molecule has 0 aliphatic carbocycles. The summed E-state index contributed by atoms with van der Waals surface area (Å²) in [6.45, 7) is 0. The highest BCUT2D eigenvalue weighted by atomic mass is 15.1. The molecule has 0 saturated carbocycles. The van der Waals surface area contributed by atoms with Crippen LogP contribution in [0.3, 0.4) is 0 Å². The minimum Gasteiger partial charge on any atom is -0.309 e. The van der Waals surface area contributed by atoms with Crippen molar-refractivity contribution in [3.63, 3.8) is 0 Å². The number of fused-ring (bicyclic) bond motifs is 9. The van der Waals surface area contributed by atoms with E-state index in [2.05, 4.69) is 88.0 Å². The Morgan fingerprint density at radius 2 is 0.882 bits per heavy atom. The van der Waals surface area contributed by atoms with E-state index >= 15 is 0 Å². The summed E-state index contributed by atoms with van der Waals surface area (Å²) in [7, 11) is 0. The maximum atomic E-state index is 9.70. The highest BCUT2D eigenvalue weighted by molar-refractivity contribution is 6.16. The summed E-state index contributed by atoms with van der Waals surface area (Å²) in [5.41, 5.74) is 6.38. The van der Waals surface area contributed by atoms with Gasteiger partial charge in [0.25, 0.3) is 0 Å². The highest BCUT2D eigenvalue weighted by Gasteiger charge is 2.21. The third kappa shape index (κ3) is 4.06. The van der Waals surface area contributed by atoms with Crippen LogP contribution in [0.15, 0.2) is 188 Å². The van der Waals surface area contributed by atoms with E-state index in [0.29, 0.717) is 11.0 Å². The zero-order valence-electron chi connectivity index (χ0n) is 36.0. The fraction of sp³-hybridized carbons (Fsp3) is 0. The van der Waals surface area contributed by atoms with Gasteiger partial charge in [0, 0.05) is 43.7 Å². The Hall–Kier alpha value is -6.84. The van der Waals surface area contributed by atoms with Crippen LogP contribution in [0.25, 0.3) is 93.6 Å². The second-order valence-corrected chi connectivity index (χ2v) is 12.7. The van der Waals surface area contributed by atoms with Gasteiger partial charge in [0.15, 0.2) is 0 Å². The van der Waals surface area contributed by atoms with Gasteiger partial charge in [0.1, 0.15) is 0 Å². The molecule has 3 aromatic heterocycles. The number of rotatable bonds is 4. The molecule has 11 rings (SSSR count). The summed E-state index contributed by atoms with van der Waals surface area (Å²) in [6, 6.07) is 40.2. The topological polar surface area (TPSA) is 14.8 Å². The Morgan fingerprint density at radius 1 is 0.353 bits per heavy atom. The average molecular weight is 659 g/mol. The predicted molar refractivity (Wildman–Crippen MR) is 215 cm³/mol. The van der Waals surface area contributed by atoms with Crippen molar-refractivity contribution in [3.05, 3.63) is 188 Å². The van der Waals surface area contributed by atoms with Crippen LogP contribution < -0.4 is 0 Å². The molecule has 0 aliphatic rings. The van der Waals surface area contributed by atoms with Gasteiger partial charge in [-0.25, -0.2) is 0 Å². The van der Waals surface area contributed by atoms with Gasteiger partial charge in [-0.3, -0.25) is 0 Å². The van der Waals surface area contributed by atoms with Crippen molar-refractivity contribution in [1.29, 1.82) is 0 Å². The van der Waals surface area contributed by atoms with Crippen molar-refractivity contribution in [1.82, 2.24) is 13.7 Å². The lowest BCUT2D eigenvalue weighted by Gasteiger charge is -2.15. The van der Waals surface area contributed by atoms with Crippen molar-refractivity contribution in [2.75, 3.05) is 0 Å². The average Bonchev–Trinajstić information content (AvgIpc) is 3.91. The van der Waals surface area contributed by atoms with Crippen LogP contribution in [-0.2, 0) is 0 Å². The Labute approximate surface area is 307 Å². The van der Waals surface area contributed by atoms with Gasteiger partial charge in [-0.15, -0.1) is 0 Å². The molecule has 51 heavy (non-hydrogen) atoms. The first-order chi connectivity index (χ1) is 29.1. The molecule has 0 bridgehead atoms. The number of nitrogens with zero attached hydrogens (tertiary/aromatic N) is 3. The lowest BCUT2D eigenvalue weighted by molar-refractivity contribution is 1.13. The van der Waals surface area contributed by atoms with E-state index in [0.717, 1.165) is 55.0 Å². The number of aromatic nitrogens is 3. The van der Waals surface area contributed by atoms with E-state index in [1.807, 2.05) is 54.6 Å². The smallest absolute Gasteiger partial charge is 0.0782 e. The standard InChI is InChI=1S/C48H31N3/c1-2-14-32(15-3-1)33-16-12-17-34(30-33)50-44-25-10-6-20-38(44)40-22-13-27-47(48(40)50)51-45-26-11-7-21-39(45)41-31-35(28-29-46(41)51)49-42-23-8-4-18-36(42)37-19-5-9-24-43(37)49/h1-31H/i1D,2D,3D,12D,14D,15D,16D,17D,30D. The largest absolute Gasteiger partial charge is 0.309 e. The summed E-state index contributed by atoms with van der Waals surface area (Å²) in [6.07, 6.45) is 0. The normalized spacial score (nSPS) is 14.4. The molecular weight excluding hydrogens is 619 g/mol. The van der Waals surface area contributed by atoms with Crippen LogP contribution in [0.2, 0.25) is 0 Å². The maximum Gasteiger partial charge on any atom is 0.0782 e. The maximum absolute atomic E-state index is 9.70. The quantitative estimate of drug-likeness (QED) is 0.179. The summed E-state index contributed by atoms with van der Waals surface area (Å²) < 4.78 is 85.7. The third-order valence-electron chi connectivity index (χ3n) is 9.99. The van der Waals surface area contributed by atoms with Crippen molar-refractivity contribution in [2.45, 2.75) is 0 Å². The predicted octanol–water partition coefficient (Wildman–Crippen LogP) is 12.6. The molecule has 0 atom stereocenters. The van der Waals surface area contributed by atoms with Gasteiger partial charge in [-0.05, 0) is 71.7 Å². The molecule has 0 saturated heterocycles. The lowest BCUT2D eigenvalue weighted by atomic mass is 10.1. The van der Waals surface area contributed by atoms with Crippen molar-refractivity contribution >= 4 is 65.4 Å². The van der Waals surface area contributed by atoms with Crippen molar-refractivity contribution in [3.8, 4) is 28.2 Å². The lowest BCUT2D eigenvalue weighted by Crippen LogP contribution is -2.01. The second kappa shape index (κ2) is 10.8. The summed E-state index contributed by atoms with van der Waals surface area (Å²) >= 11 is 0. The third-order valence-corrected chi connectivity index (χ3v) is 9.99. The second-order valence-electron chi connectivity index (χ2n) is 12.7. The molecule has 0 aliphatic heterocycles. The number of benzene rings is 8.